The first-order valence-electron chi connectivity index (χ1n) is 7.72. The van der Waals surface area contributed by atoms with Gasteiger partial charge in [-0.2, -0.15) is 5.26 Å². The van der Waals surface area contributed by atoms with Crippen molar-refractivity contribution in [3.63, 3.8) is 0 Å². The molecule has 5 heteroatoms. The van der Waals surface area contributed by atoms with Crippen LogP contribution in [0, 0.1) is 11.3 Å². The summed E-state index contributed by atoms with van der Waals surface area (Å²) in [7, 11) is 3.54. The maximum absolute atomic E-state index is 10.1. The van der Waals surface area contributed by atoms with E-state index in [1.54, 1.807) is 7.11 Å². The molecule has 0 saturated carbocycles. The summed E-state index contributed by atoms with van der Waals surface area (Å²) in [6, 6.07) is 12.3. The Kier molecular flexibility index (Phi) is 4.37. The maximum atomic E-state index is 10.1. The third-order valence-electron chi connectivity index (χ3n) is 4.42. The topological polar surface area (TPSA) is 61.4 Å². The van der Waals surface area contributed by atoms with Gasteiger partial charge in [-0.3, -0.25) is 4.90 Å². The number of methoxy groups -OCH3 is 1. The zero-order valence-corrected chi connectivity index (χ0v) is 13.4. The Morgan fingerprint density at radius 3 is 2.91 bits per heavy atom. The van der Waals surface area contributed by atoms with Gasteiger partial charge in [0.2, 0.25) is 0 Å². The van der Waals surface area contributed by atoms with Crippen molar-refractivity contribution in [1.82, 2.24) is 9.47 Å². The minimum Gasteiger partial charge on any atom is -0.497 e. The summed E-state index contributed by atoms with van der Waals surface area (Å²) in [5, 5.41) is 19.2. The van der Waals surface area contributed by atoms with Crippen molar-refractivity contribution in [1.29, 1.82) is 5.26 Å². The lowest BCUT2D eigenvalue weighted by Crippen LogP contribution is -2.24. The average molecular weight is 311 g/mol. The van der Waals surface area contributed by atoms with E-state index in [4.69, 9.17) is 10.00 Å². The second-order valence-corrected chi connectivity index (χ2v) is 6.07. The molecule has 1 aromatic carbocycles. The van der Waals surface area contributed by atoms with E-state index in [0.29, 0.717) is 25.2 Å². The molecule has 0 spiro atoms. The Hall–Kier alpha value is -2.29. The number of nitrogens with zero attached hydrogens (tertiary/aromatic N) is 3. The molecule has 1 saturated heterocycles. The molecule has 0 aliphatic carbocycles. The molecule has 120 valence electrons. The van der Waals surface area contributed by atoms with Gasteiger partial charge < -0.3 is 14.4 Å². The van der Waals surface area contributed by atoms with Crippen LogP contribution in [-0.4, -0.2) is 34.3 Å². The van der Waals surface area contributed by atoms with E-state index in [0.717, 1.165) is 16.9 Å². The summed E-state index contributed by atoms with van der Waals surface area (Å²) in [5.74, 6) is 0.829. The van der Waals surface area contributed by atoms with E-state index in [1.165, 1.54) is 0 Å². The van der Waals surface area contributed by atoms with Crippen molar-refractivity contribution in [2.24, 2.45) is 7.05 Å². The van der Waals surface area contributed by atoms with Gasteiger partial charge in [-0.1, -0.05) is 12.1 Å². The molecule has 1 aliphatic heterocycles. The van der Waals surface area contributed by atoms with E-state index >= 15 is 0 Å². The maximum Gasteiger partial charge on any atom is 0.120 e. The number of benzene rings is 1. The molecule has 1 N–H and O–H groups in total. The van der Waals surface area contributed by atoms with E-state index < -0.39 is 0 Å². The van der Waals surface area contributed by atoms with Crippen LogP contribution in [0.5, 0.6) is 5.75 Å². The smallest absolute Gasteiger partial charge is 0.120 e. The second kappa shape index (κ2) is 6.45. The molecule has 0 radical (unpaired) electrons. The number of aromatic nitrogens is 1. The van der Waals surface area contributed by atoms with Crippen LogP contribution in [0.2, 0.25) is 0 Å². The highest BCUT2D eigenvalue weighted by atomic mass is 16.5. The number of hydrogen-bond donors (Lipinski definition) is 1. The van der Waals surface area contributed by atoms with Crippen LogP contribution >= 0.6 is 0 Å². The minimum absolute atomic E-state index is 0.158. The second-order valence-electron chi connectivity index (χ2n) is 6.07. The van der Waals surface area contributed by atoms with Crippen LogP contribution in [0.25, 0.3) is 0 Å². The van der Waals surface area contributed by atoms with E-state index in [-0.39, 0.29) is 12.1 Å². The van der Waals surface area contributed by atoms with E-state index in [1.807, 2.05) is 42.1 Å². The molecule has 2 heterocycles. The van der Waals surface area contributed by atoms with Crippen molar-refractivity contribution < 1.29 is 9.84 Å². The number of β-amino-alcohol motifs (C(OH)–C–C–N with tert-alkyl or cyclic N) is 1. The van der Waals surface area contributed by atoms with Gasteiger partial charge in [-0.15, -0.1) is 0 Å². The number of hydrogen-bond acceptors (Lipinski definition) is 4. The first-order valence-corrected chi connectivity index (χ1v) is 7.72. The fraction of sp³-hybridized carbons (Fsp3) is 0.389. The summed E-state index contributed by atoms with van der Waals surface area (Å²) in [5.41, 5.74) is 2.89. The standard InChI is InChI=1S/C18H21N3O2/c1-20-10-13(6-15(20)9-19)11-21-12-16(22)8-18(21)14-4-3-5-17(7-14)23-2/h3-7,10,16,18,22H,8,11-12H2,1-2H3/t16-,18-/m0/s1. The van der Waals surface area contributed by atoms with Crippen LogP contribution < -0.4 is 4.74 Å². The van der Waals surface area contributed by atoms with Gasteiger partial charge in [-0.05, 0) is 35.7 Å². The quantitative estimate of drug-likeness (QED) is 0.940. The average Bonchev–Trinajstić information content (AvgIpc) is 3.09. The van der Waals surface area contributed by atoms with Crippen molar-refractivity contribution in [2.75, 3.05) is 13.7 Å². The molecule has 0 bridgehead atoms. The molecule has 23 heavy (non-hydrogen) atoms. The first-order chi connectivity index (χ1) is 11.1. The highest BCUT2D eigenvalue weighted by molar-refractivity contribution is 5.32. The van der Waals surface area contributed by atoms with Gasteiger partial charge in [0.15, 0.2) is 0 Å². The molecular weight excluding hydrogens is 290 g/mol. The van der Waals surface area contributed by atoms with Crippen LogP contribution in [0.1, 0.15) is 29.3 Å². The molecule has 0 unspecified atom stereocenters. The van der Waals surface area contributed by atoms with Gasteiger partial charge in [0, 0.05) is 32.4 Å². The number of nitriles is 1. The predicted molar refractivity (Wildman–Crippen MR) is 86.9 cm³/mol. The molecule has 5 nitrogen and oxygen atoms in total. The number of aliphatic hydroxyl groups is 1. The summed E-state index contributed by atoms with van der Waals surface area (Å²) in [4.78, 5) is 2.26. The third-order valence-corrected chi connectivity index (χ3v) is 4.42. The van der Waals surface area contributed by atoms with Gasteiger partial charge in [0.25, 0.3) is 0 Å². The predicted octanol–water partition coefficient (Wildman–Crippen LogP) is 2.21. The van der Waals surface area contributed by atoms with Crippen LogP contribution in [0.4, 0.5) is 0 Å². The Bertz CT molecular complexity index is 732. The number of aryl methyl sites for hydroxylation is 1. The zero-order chi connectivity index (χ0) is 16.4. The van der Waals surface area contributed by atoms with Crippen molar-refractivity contribution >= 4 is 0 Å². The monoisotopic (exact) mass is 311 g/mol. The number of likely N-dealkylation sites (tertiary alicyclic amines) is 1. The molecule has 3 rings (SSSR count). The van der Waals surface area contributed by atoms with Gasteiger partial charge in [0.1, 0.15) is 17.5 Å². The number of ether oxygens (including phenoxy) is 1. The zero-order valence-electron chi connectivity index (χ0n) is 13.4. The van der Waals surface area contributed by atoms with Gasteiger partial charge in [-0.25, -0.2) is 0 Å². The number of aliphatic hydroxyl groups excluding tert-OH is 1. The third kappa shape index (κ3) is 3.24. The molecule has 0 amide bonds. The highest BCUT2D eigenvalue weighted by Gasteiger charge is 2.32. The van der Waals surface area contributed by atoms with Gasteiger partial charge >= 0.3 is 0 Å². The summed E-state index contributed by atoms with van der Waals surface area (Å²) in [6.07, 6.45) is 2.36. The Balaban J connectivity index is 1.83. The lowest BCUT2D eigenvalue weighted by molar-refractivity contribution is 0.172. The molecule has 1 aromatic heterocycles. The summed E-state index contributed by atoms with van der Waals surface area (Å²) in [6.45, 7) is 1.35. The number of rotatable bonds is 4. The van der Waals surface area contributed by atoms with Crippen LogP contribution in [-0.2, 0) is 13.6 Å². The lowest BCUT2D eigenvalue weighted by atomic mass is 10.0. The Morgan fingerprint density at radius 2 is 2.22 bits per heavy atom. The summed E-state index contributed by atoms with van der Waals surface area (Å²) >= 11 is 0. The Morgan fingerprint density at radius 1 is 1.39 bits per heavy atom. The largest absolute Gasteiger partial charge is 0.497 e. The van der Waals surface area contributed by atoms with Crippen LogP contribution in [0.15, 0.2) is 36.5 Å². The van der Waals surface area contributed by atoms with Gasteiger partial charge in [0.05, 0.1) is 13.2 Å². The summed E-state index contributed by atoms with van der Waals surface area (Å²) < 4.78 is 7.14. The van der Waals surface area contributed by atoms with E-state index in [9.17, 15) is 5.11 Å². The molecule has 2 aromatic rings. The molecule has 2 atom stereocenters. The Labute approximate surface area is 136 Å². The van der Waals surface area contributed by atoms with Crippen molar-refractivity contribution in [3.05, 3.63) is 53.3 Å². The molecule has 1 aliphatic rings. The van der Waals surface area contributed by atoms with Crippen molar-refractivity contribution in [2.45, 2.75) is 25.1 Å². The highest BCUT2D eigenvalue weighted by Crippen LogP contribution is 2.34. The lowest BCUT2D eigenvalue weighted by Gasteiger charge is -2.24. The minimum atomic E-state index is -0.328. The van der Waals surface area contributed by atoms with E-state index in [2.05, 4.69) is 17.0 Å². The molecular formula is C18H21N3O2. The fourth-order valence-electron chi connectivity index (χ4n) is 3.31. The first kappa shape index (κ1) is 15.6. The van der Waals surface area contributed by atoms with Crippen molar-refractivity contribution in [3.8, 4) is 11.8 Å². The fourth-order valence-corrected chi connectivity index (χ4v) is 3.31. The van der Waals surface area contributed by atoms with Crippen LogP contribution in [0.3, 0.4) is 0 Å². The normalized spacial score (nSPS) is 21.3. The SMILES string of the molecule is COc1cccc([C@@H]2C[C@H](O)CN2Cc2cc(C#N)n(C)c2)c1. The molecule has 1 fully saturated rings.